The van der Waals surface area contributed by atoms with E-state index in [0.717, 1.165) is 25.7 Å². The third kappa shape index (κ3) is 15.2. The minimum Gasteiger partial charge on any atom is -0.449 e. The first kappa shape index (κ1) is 36.4. The van der Waals surface area contributed by atoms with Crippen LogP contribution in [0.25, 0.3) is 0 Å². The number of phosphoric ester groups is 1. The van der Waals surface area contributed by atoms with Crippen molar-refractivity contribution in [3.8, 4) is 0 Å². The topological polar surface area (TPSA) is 107 Å². The molecule has 5 atom stereocenters. The quantitative estimate of drug-likeness (QED) is 0.0598. The van der Waals surface area contributed by atoms with Gasteiger partial charge in [-0.3, -0.25) is 9.05 Å². The van der Waals surface area contributed by atoms with Gasteiger partial charge in [0.1, 0.15) is 6.61 Å². The average molecular weight is 646 g/mol. The highest BCUT2D eigenvalue weighted by molar-refractivity contribution is 7.47. The van der Waals surface area contributed by atoms with Crippen LogP contribution in [0.2, 0.25) is 0 Å². The van der Waals surface area contributed by atoms with Crippen molar-refractivity contribution in [1.29, 1.82) is 0 Å². The second kappa shape index (κ2) is 21.7. The van der Waals surface area contributed by atoms with Gasteiger partial charge in [-0.2, -0.15) is 4.57 Å². The van der Waals surface area contributed by atoms with Crippen LogP contribution in [0.15, 0.2) is 17.1 Å². The molecule has 1 unspecified atom stereocenters. The molecule has 0 aliphatic carbocycles. The van der Waals surface area contributed by atoms with Crippen LogP contribution in [0.5, 0.6) is 0 Å². The number of carbonyl (C=O) groups excluding carboxylic acids is 1. The number of thiazole rings is 1. The van der Waals surface area contributed by atoms with Crippen LogP contribution in [0, 0.1) is 11.8 Å². The summed E-state index contributed by atoms with van der Waals surface area (Å²) in [4.78, 5) is 22.4. The van der Waals surface area contributed by atoms with Crippen molar-refractivity contribution < 1.29 is 37.3 Å². The molecule has 0 radical (unpaired) electrons. The summed E-state index contributed by atoms with van der Waals surface area (Å²) < 4.78 is 36.3. The number of fused-ring (bicyclic) bond motifs is 2. The third-order valence-corrected chi connectivity index (χ3v) is 10.5. The summed E-state index contributed by atoms with van der Waals surface area (Å²) in [6, 6.07) is 0. The molecule has 0 saturated carbocycles. The van der Waals surface area contributed by atoms with Crippen LogP contribution < -0.4 is 9.88 Å². The number of amides is 1. The molecule has 43 heavy (non-hydrogen) atoms. The maximum Gasteiger partial charge on any atom is 0.472 e. The van der Waals surface area contributed by atoms with E-state index in [1.807, 2.05) is 21.7 Å². The van der Waals surface area contributed by atoms with Gasteiger partial charge in [-0.05, 0) is 19.3 Å². The van der Waals surface area contributed by atoms with Crippen molar-refractivity contribution >= 4 is 25.3 Å². The summed E-state index contributed by atoms with van der Waals surface area (Å²) in [5, 5.41) is 4.79. The lowest BCUT2D eigenvalue weighted by atomic mass is 9.80. The molecule has 1 amide bonds. The summed E-state index contributed by atoms with van der Waals surface area (Å²) >= 11 is 1.54. The highest BCUT2D eigenvalue weighted by atomic mass is 32.1. The van der Waals surface area contributed by atoms with Gasteiger partial charge in [0.2, 0.25) is 5.51 Å². The normalized spacial score (nSPS) is 22.6. The SMILES string of the molecule is CCCCCCCCCCCCCCCCCCNC(=O)OC[C@H]1[C@@H](COP(=O)(O)OCC[n+]2ccsc2)[C@@H]2CC[C@H]1O2. The van der Waals surface area contributed by atoms with E-state index >= 15 is 0 Å². The number of rotatable bonds is 26. The van der Waals surface area contributed by atoms with E-state index in [0.29, 0.717) is 13.1 Å². The number of alkyl carbamates (subject to hydrolysis) is 1. The maximum atomic E-state index is 12.4. The molecular formula is C32H58N2O7PS+. The van der Waals surface area contributed by atoms with E-state index in [9.17, 15) is 14.3 Å². The Morgan fingerprint density at radius 3 is 2.00 bits per heavy atom. The first-order chi connectivity index (χ1) is 21.0. The maximum absolute atomic E-state index is 12.4. The van der Waals surface area contributed by atoms with E-state index in [4.69, 9.17) is 18.5 Å². The van der Waals surface area contributed by atoms with E-state index in [-0.39, 0.29) is 43.9 Å². The largest absolute Gasteiger partial charge is 0.472 e. The summed E-state index contributed by atoms with van der Waals surface area (Å²) in [5.74, 6) is -0.163. The first-order valence-electron chi connectivity index (χ1n) is 17.1. The molecular weight excluding hydrogens is 587 g/mol. The molecule has 3 rings (SSSR count). The van der Waals surface area contributed by atoms with E-state index < -0.39 is 13.9 Å². The predicted molar refractivity (Wildman–Crippen MR) is 170 cm³/mol. The Bertz CT molecular complexity index is 906. The second-order valence-corrected chi connectivity index (χ2v) is 14.5. The number of carbonyl (C=O) groups is 1. The van der Waals surface area contributed by atoms with Crippen LogP contribution in [0.1, 0.15) is 122 Å². The van der Waals surface area contributed by atoms with E-state index in [1.54, 1.807) is 11.3 Å². The van der Waals surface area contributed by atoms with Gasteiger partial charge in [0.15, 0.2) is 12.7 Å². The first-order valence-corrected chi connectivity index (χ1v) is 19.5. The highest BCUT2D eigenvalue weighted by Crippen LogP contribution is 2.48. The second-order valence-electron chi connectivity index (χ2n) is 12.3. The number of hydrogen-bond acceptors (Lipinski definition) is 7. The average Bonchev–Trinajstić information content (AvgIpc) is 3.75. The van der Waals surface area contributed by atoms with Crippen molar-refractivity contribution in [3.05, 3.63) is 17.1 Å². The fraction of sp³-hybridized carbons (Fsp3) is 0.875. The zero-order valence-electron chi connectivity index (χ0n) is 26.5. The fourth-order valence-electron chi connectivity index (χ4n) is 6.29. The molecule has 1 aromatic heterocycles. The van der Waals surface area contributed by atoms with Crippen molar-refractivity contribution in [3.63, 3.8) is 0 Å². The minimum absolute atomic E-state index is 0.0132. The number of ether oxygens (including phenoxy) is 2. The molecule has 9 nitrogen and oxygen atoms in total. The molecule has 1 aromatic rings. The Hall–Kier alpha value is -1.03. The Balaban J connectivity index is 1.15. The molecule has 2 fully saturated rings. The van der Waals surface area contributed by atoms with Crippen molar-refractivity contribution in [2.45, 2.75) is 141 Å². The van der Waals surface area contributed by atoms with Gasteiger partial charge in [-0.25, -0.2) is 9.36 Å². The molecule has 2 aliphatic heterocycles. The monoisotopic (exact) mass is 645 g/mol. The predicted octanol–water partition coefficient (Wildman–Crippen LogP) is 7.95. The molecule has 248 valence electrons. The number of hydrogen-bond donors (Lipinski definition) is 2. The van der Waals surface area contributed by atoms with Gasteiger partial charge in [-0.15, -0.1) is 0 Å². The number of nitrogens with one attached hydrogen (secondary N) is 1. The standard InChI is InChI=1S/C32H57N2O7PS/c1-2-3-4-5-6-7-8-9-10-11-12-13-14-15-16-17-20-33-32(35)38-25-28-29(31-19-18-30(28)41-31)26-40-42(36,37)39-23-21-34-22-24-43-27-34/h22,24,27-31H,2-21,23,25-26H2,1H3,(H-,33,35,36,37)/p+1/t28-,29+,30+,31-/m0/s1. The van der Waals surface area contributed by atoms with Gasteiger partial charge in [0, 0.05) is 18.4 Å². The molecule has 11 heteroatoms. The van der Waals surface area contributed by atoms with Gasteiger partial charge in [0.05, 0.1) is 30.8 Å². The summed E-state index contributed by atoms with van der Waals surface area (Å²) in [6.45, 7) is 3.69. The van der Waals surface area contributed by atoms with E-state index in [2.05, 4.69) is 12.2 Å². The van der Waals surface area contributed by atoms with Gasteiger partial charge >= 0.3 is 13.9 Å². The lowest BCUT2D eigenvalue weighted by Gasteiger charge is -2.27. The minimum atomic E-state index is -4.18. The zero-order valence-corrected chi connectivity index (χ0v) is 28.2. The molecule has 0 aromatic carbocycles. The van der Waals surface area contributed by atoms with Crippen LogP contribution in [0.3, 0.4) is 0 Å². The molecule has 2 aliphatic rings. The lowest BCUT2D eigenvalue weighted by Crippen LogP contribution is -2.36. The van der Waals surface area contributed by atoms with Crippen LogP contribution in [-0.2, 0) is 29.6 Å². The van der Waals surface area contributed by atoms with Gasteiger partial charge < -0.3 is 19.7 Å². The summed E-state index contributed by atoms with van der Waals surface area (Å²) in [6.07, 6.45) is 24.4. The lowest BCUT2D eigenvalue weighted by molar-refractivity contribution is -0.693. The smallest absolute Gasteiger partial charge is 0.449 e. The zero-order chi connectivity index (χ0) is 30.6. The molecule has 2 bridgehead atoms. The number of unbranched alkanes of at least 4 members (excludes halogenated alkanes) is 15. The Kier molecular flexibility index (Phi) is 18.4. The van der Waals surface area contributed by atoms with Crippen LogP contribution >= 0.6 is 19.2 Å². The number of aromatic nitrogens is 1. The Morgan fingerprint density at radius 1 is 0.884 bits per heavy atom. The number of phosphoric acid groups is 1. The fourth-order valence-corrected chi connectivity index (χ4v) is 7.66. The summed E-state index contributed by atoms with van der Waals surface area (Å²) in [5.41, 5.74) is 1.90. The van der Waals surface area contributed by atoms with Crippen LogP contribution in [-0.4, -0.2) is 49.6 Å². The Morgan fingerprint density at radius 2 is 1.44 bits per heavy atom. The third-order valence-electron chi connectivity index (χ3n) is 8.86. The molecule has 2 saturated heterocycles. The van der Waals surface area contributed by atoms with Gasteiger partial charge in [0.25, 0.3) is 0 Å². The van der Waals surface area contributed by atoms with Gasteiger partial charge in [-0.1, -0.05) is 115 Å². The molecule has 3 heterocycles. The van der Waals surface area contributed by atoms with E-state index in [1.165, 1.54) is 89.9 Å². The van der Waals surface area contributed by atoms with Crippen molar-refractivity contribution in [1.82, 2.24) is 5.32 Å². The summed E-state index contributed by atoms with van der Waals surface area (Å²) in [7, 11) is -4.18. The van der Waals surface area contributed by atoms with Crippen LogP contribution in [0.4, 0.5) is 4.79 Å². The van der Waals surface area contributed by atoms with Crippen molar-refractivity contribution in [2.24, 2.45) is 11.8 Å². The number of nitrogens with zero attached hydrogens (tertiary/aromatic N) is 1. The highest BCUT2D eigenvalue weighted by Gasteiger charge is 2.50. The molecule has 0 spiro atoms. The molecule has 2 N–H and O–H groups in total. The Labute approximate surface area is 264 Å². The van der Waals surface area contributed by atoms with Crippen molar-refractivity contribution in [2.75, 3.05) is 26.4 Å².